The monoisotopic (exact) mass is 1000 g/mol. The summed E-state index contributed by atoms with van der Waals surface area (Å²) >= 11 is 0. The van der Waals surface area contributed by atoms with E-state index in [4.69, 9.17) is 28.0 Å². The fraction of sp³-hybridized carbons (Fsp3) is 0.756. The molecule has 0 aliphatic rings. The Labute approximate surface area is 409 Å². The first kappa shape index (κ1) is 64.0. The first-order valence-corrected chi connectivity index (χ1v) is 24.0. The van der Waals surface area contributed by atoms with Crippen LogP contribution in [0.1, 0.15) is 138 Å². The molecule has 0 fully saturated rings. The Morgan fingerprint density at radius 2 is 0.671 bits per heavy atom. The van der Waals surface area contributed by atoms with E-state index in [-0.39, 0.29) is 82.2 Å². The smallest absolute Gasteiger partial charge is 0.326 e. The van der Waals surface area contributed by atoms with Crippen LogP contribution >= 0.6 is 0 Å². The number of unbranched alkanes of at least 4 members (excludes halogenated alkanes) is 2. The van der Waals surface area contributed by atoms with Gasteiger partial charge in [0.25, 0.3) is 0 Å². The molecule has 0 aromatic carbocycles. The standard InChI is InChI=1S/C45H81N11O14/c1-24(2)21-32(54-38(62)27(48)13-17-36(58)59)42(66)51-28(11-7-9-19-46)39(63)50-29(12-8-10-20-47)40(64)55-34(23-26(5)6)44(68)56-33(22-25(3)4)43(67)52-30(15-18-37(60)61)41(65)53-31(45(69)70)14-16-35(49)57/h24-34H,7-23,46-48H2,1-6H3,(H2,49,57)(H,50,63)(H,51,66)(H,52,67)(H,53,65)(H,54,62)(H,55,64)(H,56,68)(H,58,59)(H,60,61)(H,69,70)/t27-,28-,29-,30-,31-,32-,33-,34-/m0/s1. The zero-order valence-electron chi connectivity index (χ0n) is 41.5. The van der Waals surface area contributed by atoms with E-state index in [1.54, 1.807) is 41.5 Å². The molecule has 0 aromatic rings. The lowest BCUT2D eigenvalue weighted by Crippen LogP contribution is -2.60. The van der Waals surface area contributed by atoms with Crippen molar-refractivity contribution in [2.75, 3.05) is 13.1 Å². The van der Waals surface area contributed by atoms with Crippen molar-refractivity contribution in [1.82, 2.24) is 37.2 Å². The highest BCUT2D eigenvalue weighted by atomic mass is 16.4. The number of rotatable bonds is 38. The highest BCUT2D eigenvalue weighted by molar-refractivity contribution is 5.97. The molecule has 0 rings (SSSR count). The second kappa shape index (κ2) is 34.4. The fourth-order valence-corrected chi connectivity index (χ4v) is 7.04. The number of amides is 8. The maximum absolute atomic E-state index is 14.2. The zero-order chi connectivity index (χ0) is 53.7. The van der Waals surface area contributed by atoms with E-state index < -0.39 is 133 Å². The van der Waals surface area contributed by atoms with E-state index in [0.717, 1.165) is 0 Å². The summed E-state index contributed by atoms with van der Waals surface area (Å²) in [6, 6.07) is -10.7. The summed E-state index contributed by atoms with van der Waals surface area (Å²) < 4.78 is 0. The summed E-state index contributed by atoms with van der Waals surface area (Å²) in [5.74, 6) is -11.2. The van der Waals surface area contributed by atoms with Gasteiger partial charge in [0, 0.05) is 19.3 Å². The van der Waals surface area contributed by atoms with Crippen LogP contribution in [0.4, 0.5) is 0 Å². The Morgan fingerprint density at radius 1 is 0.386 bits per heavy atom. The lowest BCUT2D eigenvalue weighted by atomic mass is 9.98. The zero-order valence-corrected chi connectivity index (χ0v) is 41.5. The predicted octanol–water partition coefficient (Wildman–Crippen LogP) is -1.82. The number of nitrogens with two attached hydrogens (primary N) is 4. The van der Waals surface area contributed by atoms with Crippen molar-refractivity contribution in [3.63, 3.8) is 0 Å². The van der Waals surface area contributed by atoms with E-state index in [9.17, 15) is 63.0 Å². The van der Waals surface area contributed by atoms with Crippen LogP contribution in [-0.4, -0.2) is 142 Å². The number of nitrogens with one attached hydrogen (secondary N) is 7. The van der Waals surface area contributed by atoms with Crippen molar-refractivity contribution in [3.05, 3.63) is 0 Å². The van der Waals surface area contributed by atoms with Crippen LogP contribution in [0.3, 0.4) is 0 Å². The molecule has 400 valence electrons. The minimum Gasteiger partial charge on any atom is -0.481 e. The van der Waals surface area contributed by atoms with Crippen LogP contribution < -0.4 is 60.2 Å². The average molecular weight is 1000 g/mol. The van der Waals surface area contributed by atoms with Crippen LogP contribution in [0.5, 0.6) is 0 Å². The number of primary amides is 1. The molecule has 0 saturated carbocycles. The molecular formula is C45H81N11O14. The molecule has 8 atom stereocenters. The van der Waals surface area contributed by atoms with E-state index in [2.05, 4.69) is 37.2 Å². The van der Waals surface area contributed by atoms with Crippen molar-refractivity contribution < 1.29 is 68.1 Å². The van der Waals surface area contributed by atoms with Crippen LogP contribution in [0, 0.1) is 17.8 Å². The van der Waals surface area contributed by atoms with Gasteiger partial charge in [0.2, 0.25) is 47.3 Å². The maximum Gasteiger partial charge on any atom is 0.326 e. The average Bonchev–Trinajstić information content (AvgIpc) is 3.25. The number of carbonyl (C=O) groups is 11. The molecule has 0 heterocycles. The third-order valence-corrected chi connectivity index (χ3v) is 10.8. The Balaban J connectivity index is 6.68. The molecule has 25 nitrogen and oxygen atoms in total. The number of carboxylic acid groups (broad SMARTS) is 3. The molecular weight excluding hydrogens is 919 g/mol. The van der Waals surface area contributed by atoms with E-state index in [0.29, 0.717) is 25.7 Å². The van der Waals surface area contributed by atoms with E-state index in [1.807, 2.05) is 0 Å². The van der Waals surface area contributed by atoms with Crippen molar-refractivity contribution in [2.24, 2.45) is 40.7 Å². The Kier molecular flexibility index (Phi) is 31.4. The summed E-state index contributed by atoms with van der Waals surface area (Å²) in [6.07, 6.45) is -0.439. The third kappa shape index (κ3) is 27.9. The Hall–Kier alpha value is -5.95. The van der Waals surface area contributed by atoms with Gasteiger partial charge in [0.05, 0.1) is 6.04 Å². The van der Waals surface area contributed by atoms with Crippen LogP contribution in [0.2, 0.25) is 0 Å². The van der Waals surface area contributed by atoms with Gasteiger partial charge in [-0.15, -0.1) is 0 Å². The van der Waals surface area contributed by atoms with E-state index >= 15 is 0 Å². The highest BCUT2D eigenvalue weighted by Crippen LogP contribution is 2.14. The summed E-state index contributed by atoms with van der Waals surface area (Å²) in [5.41, 5.74) is 22.5. The fourth-order valence-electron chi connectivity index (χ4n) is 7.04. The second-order valence-electron chi connectivity index (χ2n) is 18.7. The highest BCUT2D eigenvalue weighted by Gasteiger charge is 2.35. The first-order chi connectivity index (χ1) is 32.7. The van der Waals surface area contributed by atoms with Crippen molar-refractivity contribution in [3.8, 4) is 0 Å². The van der Waals surface area contributed by atoms with Crippen LogP contribution in [0.15, 0.2) is 0 Å². The van der Waals surface area contributed by atoms with Crippen molar-refractivity contribution in [2.45, 2.75) is 186 Å². The maximum atomic E-state index is 14.2. The lowest BCUT2D eigenvalue weighted by Gasteiger charge is -2.29. The largest absolute Gasteiger partial charge is 0.481 e. The van der Waals surface area contributed by atoms with Gasteiger partial charge in [-0.25, -0.2) is 4.79 Å². The number of carboxylic acids is 3. The first-order valence-electron chi connectivity index (χ1n) is 24.0. The molecule has 0 unspecified atom stereocenters. The number of hydrogen-bond acceptors (Lipinski definition) is 14. The van der Waals surface area contributed by atoms with Crippen molar-refractivity contribution in [1.29, 1.82) is 0 Å². The Bertz CT molecular complexity index is 1750. The molecule has 0 bridgehead atoms. The molecule has 25 heteroatoms. The summed E-state index contributed by atoms with van der Waals surface area (Å²) in [6.45, 7) is 11.2. The van der Waals surface area contributed by atoms with E-state index in [1.165, 1.54) is 0 Å². The van der Waals surface area contributed by atoms with Gasteiger partial charge in [-0.2, -0.15) is 0 Å². The normalized spacial score (nSPS) is 14.7. The minimum atomic E-state index is -1.61. The van der Waals surface area contributed by atoms with Gasteiger partial charge >= 0.3 is 17.9 Å². The lowest BCUT2D eigenvalue weighted by molar-refractivity contribution is -0.143. The quantitative estimate of drug-likeness (QED) is 0.0303. The number of aliphatic carboxylic acids is 3. The minimum absolute atomic E-state index is 0.00216. The summed E-state index contributed by atoms with van der Waals surface area (Å²) in [7, 11) is 0. The molecule has 18 N–H and O–H groups in total. The topological polar surface area (TPSA) is 437 Å². The predicted molar refractivity (Wildman–Crippen MR) is 255 cm³/mol. The van der Waals surface area contributed by atoms with Gasteiger partial charge in [-0.1, -0.05) is 41.5 Å². The third-order valence-electron chi connectivity index (χ3n) is 10.8. The molecule has 0 radical (unpaired) electrons. The number of carbonyl (C=O) groups excluding carboxylic acids is 8. The molecule has 8 amide bonds. The van der Waals surface area contributed by atoms with Gasteiger partial charge in [-0.05, 0) is 108 Å². The van der Waals surface area contributed by atoms with Gasteiger partial charge < -0.3 is 75.5 Å². The molecule has 0 spiro atoms. The van der Waals surface area contributed by atoms with Crippen molar-refractivity contribution >= 4 is 65.2 Å². The van der Waals surface area contributed by atoms with Gasteiger partial charge in [-0.3, -0.25) is 47.9 Å². The SMILES string of the molecule is CC(C)C[C@H](NC(=O)[C@H](CC(C)C)NC(=O)[C@H](CCCCN)NC(=O)[C@H](CCCCN)NC(=O)[C@H](CC(C)C)NC(=O)[C@@H](N)CCC(=O)O)C(=O)N[C@@H](CCC(=O)O)C(=O)N[C@@H](CCC(N)=O)C(=O)O. The summed E-state index contributed by atoms with van der Waals surface area (Å²) in [5, 5.41) is 45.9. The summed E-state index contributed by atoms with van der Waals surface area (Å²) in [4.78, 5) is 142. The molecule has 70 heavy (non-hydrogen) atoms. The van der Waals surface area contributed by atoms with Crippen LogP contribution in [0.25, 0.3) is 0 Å². The van der Waals surface area contributed by atoms with Gasteiger partial charge in [0.1, 0.15) is 42.3 Å². The number of hydrogen-bond donors (Lipinski definition) is 14. The second-order valence-corrected chi connectivity index (χ2v) is 18.7. The van der Waals surface area contributed by atoms with Gasteiger partial charge in [0.15, 0.2) is 0 Å². The molecule has 0 aliphatic heterocycles. The molecule has 0 aromatic heterocycles. The molecule has 0 saturated heterocycles. The Morgan fingerprint density at radius 3 is 0.986 bits per heavy atom. The van der Waals surface area contributed by atoms with Crippen LogP contribution in [-0.2, 0) is 52.7 Å². The molecule has 0 aliphatic carbocycles.